The van der Waals surface area contributed by atoms with Gasteiger partial charge < -0.3 is 25.4 Å². The first-order chi connectivity index (χ1) is 13.2. The van der Waals surface area contributed by atoms with Gasteiger partial charge in [-0.3, -0.25) is 0 Å². The predicted molar refractivity (Wildman–Crippen MR) is 114 cm³/mol. The molecule has 1 aromatic rings. The minimum atomic E-state index is -0.549. The summed E-state index contributed by atoms with van der Waals surface area (Å²) in [4.78, 5) is 12.3. The monoisotopic (exact) mass is 401 g/mol. The molecule has 1 heterocycles. The second kappa shape index (κ2) is 7.88. The van der Waals surface area contributed by atoms with Gasteiger partial charge in [-0.15, -0.1) is 5.92 Å². The largest absolute Gasteiger partial charge is 0.493 e. The Labute approximate surface area is 171 Å². The molecule has 0 radical (unpaired) electrons. The molecule has 1 saturated carbocycles. The Morgan fingerprint density at radius 1 is 1.36 bits per heavy atom. The fourth-order valence-electron chi connectivity index (χ4n) is 3.21. The van der Waals surface area contributed by atoms with Crippen LogP contribution in [0.25, 0.3) is 0 Å². The number of anilines is 1. The van der Waals surface area contributed by atoms with Crippen LogP contribution in [0.3, 0.4) is 0 Å². The number of carbonyl (C=O) groups excluding carboxylic acids is 1. The van der Waals surface area contributed by atoms with Gasteiger partial charge in [0.05, 0.1) is 12.1 Å². The van der Waals surface area contributed by atoms with Gasteiger partial charge in [-0.2, -0.15) is 0 Å². The van der Waals surface area contributed by atoms with Gasteiger partial charge >= 0.3 is 6.09 Å². The molecule has 7 heteroatoms. The lowest BCUT2D eigenvalue weighted by Crippen LogP contribution is -2.54. The first-order valence-corrected chi connectivity index (χ1v) is 9.89. The molecule has 0 saturated heterocycles. The van der Waals surface area contributed by atoms with E-state index in [-0.39, 0.29) is 6.04 Å². The number of ether oxygens (including phenoxy) is 2. The molecule has 1 atom stereocenters. The standard InChI is InChI=1S/C21H27N3O3S/c1-5-7-17(21(11-12-21)24-19(25)27-20(2,3)4)23-18(28)22-15-8-6-9-16-14(15)10-13-26-16/h6,8-9,17H,10-13H2,1-4H3,(H,24,25)(H2,22,23,28)/t17-/m1/s1. The van der Waals surface area contributed by atoms with Gasteiger partial charge in [0.25, 0.3) is 0 Å². The summed E-state index contributed by atoms with van der Waals surface area (Å²) in [7, 11) is 0. The van der Waals surface area contributed by atoms with Crippen molar-refractivity contribution < 1.29 is 14.3 Å². The molecule has 1 fully saturated rings. The van der Waals surface area contributed by atoms with E-state index in [4.69, 9.17) is 21.7 Å². The molecule has 1 aliphatic heterocycles. The van der Waals surface area contributed by atoms with Crippen molar-refractivity contribution in [2.75, 3.05) is 11.9 Å². The van der Waals surface area contributed by atoms with Crippen LogP contribution in [0.5, 0.6) is 5.75 Å². The number of benzene rings is 1. The summed E-state index contributed by atoms with van der Waals surface area (Å²) >= 11 is 5.52. The second-order valence-electron chi connectivity index (χ2n) is 8.09. The molecule has 1 aliphatic carbocycles. The Balaban J connectivity index is 1.66. The van der Waals surface area contributed by atoms with Crippen LogP contribution in [-0.4, -0.2) is 35.0 Å². The SMILES string of the molecule is CC#C[C@@H](NC(=S)Nc1cccc2c1CCO2)C1(NC(=O)OC(C)(C)C)CC1. The van der Waals surface area contributed by atoms with Crippen LogP contribution in [0.4, 0.5) is 10.5 Å². The number of carbonyl (C=O) groups is 1. The molecular formula is C21H27N3O3S. The fourth-order valence-corrected chi connectivity index (χ4v) is 3.44. The molecule has 2 aliphatic rings. The van der Waals surface area contributed by atoms with Crippen molar-refractivity contribution in [2.24, 2.45) is 0 Å². The summed E-state index contributed by atoms with van der Waals surface area (Å²) in [5, 5.41) is 9.96. The summed E-state index contributed by atoms with van der Waals surface area (Å²) < 4.78 is 11.0. The maximum Gasteiger partial charge on any atom is 0.408 e. The molecule has 28 heavy (non-hydrogen) atoms. The minimum Gasteiger partial charge on any atom is -0.493 e. The summed E-state index contributed by atoms with van der Waals surface area (Å²) in [6, 6.07) is 5.57. The molecule has 150 valence electrons. The minimum absolute atomic E-state index is 0.307. The first-order valence-electron chi connectivity index (χ1n) is 9.48. The van der Waals surface area contributed by atoms with Crippen LogP contribution < -0.4 is 20.7 Å². The summed E-state index contributed by atoms with van der Waals surface area (Å²) in [6.45, 7) is 7.98. The number of fused-ring (bicyclic) bond motifs is 1. The number of amides is 1. The van der Waals surface area contributed by atoms with Crippen molar-refractivity contribution in [3.8, 4) is 17.6 Å². The van der Waals surface area contributed by atoms with Crippen molar-refractivity contribution in [1.82, 2.24) is 10.6 Å². The maximum absolute atomic E-state index is 12.3. The highest BCUT2D eigenvalue weighted by Gasteiger charge is 2.51. The van der Waals surface area contributed by atoms with Gasteiger partial charge in [-0.1, -0.05) is 12.0 Å². The van der Waals surface area contributed by atoms with E-state index >= 15 is 0 Å². The Morgan fingerprint density at radius 2 is 2.11 bits per heavy atom. The highest BCUT2D eigenvalue weighted by atomic mass is 32.1. The third-order valence-electron chi connectivity index (χ3n) is 4.65. The normalized spacial score (nSPS) is 17.1. The number of hydrogen-bond donors (Lipinski definition) is 3. The molecule has 3 N–H and O–H groups in total. The topological polar surface area (TPSA) is 71.6 Å². The lowest BCUT2D eigenvalue weighted by molar-refractivity contribution is 0.0491. The van der Waals surface area contributed by atoms with Crippen molar-refractivity contribution in [2.45, 2.75) is 64.1 Å². The quantitative estimate of drug-likeness (QED) is 0.531. The molecule has 0 unspecified atom stereocenters. The summed E-state index contributed by atoms with van der Waals surface area (Å²) in [5.41, 5.74) is 1.03. The van der Waals surface area contributed by atoms with Gasteiger partial charge in [0.1, 0.15) is 17.4 Å². The van der Waals surface area contributed by atoms with Crippen LogP contribution >= 0.6 is 12.2 Å². The van der Waals surface area contributed by atoms with Crippen molar-refractivity contribution in [3.63, 3.8) is 0 Å². The molecule has 6 nitrogen and oxygen atoms in total. The zero-order chi connectivity index (χ0) is 20.4. The predicted octanol–water partition coefficient (Wildman–Crippen LogP) is 3.36. The Kier molecular flexibility index (Phi) is 5.71. The number of hydrogen-bond acceptors (Lipinski definition) is 4. The molecule has 1 amide bonds. The zero-order valence-corrected chi connectivity index (χ0v) is 17.6. The third kappa shape index (κ3) is 4.87. The van der Waals surface area contributed by atoms with E-state index in [9.17, 15) is 4.79 Å². The number of rotatable bonds is 4. The summed E-state index contributed by atoms with van der Waals surface area (Å²) in [5.74, 6) is 6.96. The van der Waals surface area contributed by atoms with Crippen LogP contribution in [0.1, 0.15) is 46.1 Å². The number of nitrogens with one attached hydrogen (secondary N) is 3. The molecule has 1 aromatic carbocycles. The molecule has 0 bridgehead atoms. The lowest BCUT2D eigenvalue weighted by Gasteiger charge is -2.28. The molecular weight excluding hydrogens is 374 g/mol. The maximum atomic E-state index is 12.3. The summed E-state index contributed by atoms with van der Waals surface area (Å²) in [6.07, 6.45) is 2.04. The number of alkyl carbamates (subject to hydrolysis) is 1. The van der Waals surface area contributed by atoms with E-state index in [1.165, 1.54) is 0 Å². The number of thiocarbonyl (C=S) groups is 1. The van der Waals surface area contributed by atoms with Gasteiger partial charge in [-0.05, 0) is 64.9 Å². The van der Waals surface area contributed by atoms with E-state index in [0.29, 0.717) is 11.7 Å². The average Bonchev–Trinajstić information content (AvgIpc) is 3.18. The Morgan fingerprint density at radius 3 is 2.75 bits per heavy atom. The lowest BCUT2D eigenvalue weighted by atomic mass is 10.1. The third-order valence-corrected chi connectivity index (χ3v) is 4.87. The van der Waals surface area contributed by atoms with Crippen LogP contribution in [0.2, 0.25) is 0 Å². The molecule has 0 aromatic heterocycles. The van der Waals surface area contributed by atoms with Crippen molar-refractivity contribution in [1.29, 1.82) is 0 Å². The van der Waals surface area contributed by atoms with Gasteiger partial charge in [-0.25, -0.2) is 4.79 Å². The fraction of sp³-hybridized carbons (Fsp3) is 0.524. The van der Waals surface area contributed by atoms with E-state index in [1.807, 2.05) is 39.0 Å². The van der Waals surface area contributed by atoms with Crippen LogP contribution in [-0.2, 0) is 11.2 Å². The second-order valence-corrected chi connectivity index (χ2v) is 8.50. The van der Waals surface area contributed by atoms with Crippen molar-refractivity contribution in [3.05, 3.63) is 23.8 Å². The van der Waals surface area contributed by atoms with Crippen LogP contribution in [0.15, 0.2) is 18.2 Å². The molecule has 0 spiro atoms. The highest BCUT2D eigenvalue weighted by molar-refractivity contribution is 7.80. The van der Waals surface area contributed by atoms with Crippen LogP contribution in [0, 0.1) is 11.8 Å². The van der Waals surface area contributed by atoms with E-state index in [1.54, 1.807) is 6.92 Å². The van der Waals surface area contributed by atoms with E-state index < -0.39 is 17.2 Å². The van der Waals surface area contributed by atoms with Gasteiger partial charge in [0, 0.05) is 17.7 Å². The molecule has 3 rings (SSSR count). The van der Waals surface area contributed by atoms with Gasteiger partial charge in [0.2, 0.25) is 0 Å². The van der Waals surface area contributed by atoms with Crippen molar-refractivity contribution >= 4 is 29.1 Å². The van der Waals surface area contributed by atoms with E-state index in [0.717, 1.165) is 36.3 Å². The smallest absolute Gasteiger partial charge is 0.408 e. The van der Waals surface area contributed by atoms with E-state index in [2.05, 4.69) is 27.8 Å². The highest BCUT2D eigenvalue weighted by Crippen LogP contribution is 2.39. The Bertz CT molecular complexity index is 832. The van der Waals surface area contributed by atoms with Gasteiger partial charge in [0.15, 0.2) is 5.11 Å². The first kappa shape index (κ1) is 20.3. The Hall–Kier alpha value is -2.46. The zero-order valence-electron chi connectivity index (χ0n) is 16.8. The average molecular weight is 402 g/mol.